The number of hydrogen-bond donors (Lipinski definition) is 1. The van der Waals surface area contributed by atoms with Crippen molar-refractivity contribution >= 4 is 16.5 Å². The number of rotatable bonds is 5. The lowest BCUT2D eigenvalue weighted by Gasteiger charge is -2.21. The topological polar surface area (TPSA) is 36.4 Å². The molecule has 0 aliphatic rings. The van der Waals surface area contributed by atoms with Gasteiger partial charge in [0.2, 0.25) is 0 Å². The summed E-state index contributed by atoms with van der Waals surface area (Å²) in [6.07, 6.45) is -3.59. The summed E-state index contributed by atoms with van der Waals surface area (Å²) in [5, 5.41) is 10.8. The van der Waals surface area contributed by atoms with Crippen molar-refractivity contribution in [3.63, 3.8) is 0 Å². The number of aromatic nitrogens is 1. The first kappa shape index (κ1) is 13.2. The zero-order valence-electron chi connectivity index (χ0n) is 8.79. The molecule has 0 atom stereocenters. The van der Waals surface area contributed by atoms with Gasteiger partial charge in [-0.25, -0.2) is 4.98 Å². The van der Waals surface area contributed by atoms with E-state index in [0.717, 1.165) is 10.6 Å². The number of alkyl halides is 3. The normalized spacial score (nSPS) is 11.8. The smallest absolute Gasteiger partial charge is 0.395 e. The number of aliphatic hydroxyl groups excluding tert-OH is 1. The first-order chi connectivity index (χ1) is 7.46. The van der Waals surface area contributed by atoms with Crippen LogP contribution >= 0.6 is 11.3 Å². The first-order valence-electron chi connectivity index (χ1n) is 4.83. The fourth-order valence-corrected chi connectivity index (χ4v) is 2.12. The van der Waals surface area contributed by atoms with E-state index in [1.807, 2.05) is 6.92 Å². The van der Waals surface area contributed by atoms with Crippen molar-refractivity contribution in [3.8, 4) is 0 Å². The van der Waals surface area contributed by atoms with Gasteiger partial charge in [0.15, 0.2) is 5.13 Å². The molecule has 0 fully saturated rings. The Labute approximate surface area is 95.5 Å². The maximum absolute atomic E-state index is 12.3. The molecule has 1 aromatic heterocycles. The fraction of sp³-hybridized carbons (Fsp3) is 0.667. The van der Waals surface area contributed by atoms with Crippen LogP contribution < -0.4 is 4.90 Å². The predicted molar refractivity (Wildman–Crippen MR) is 56.8 cm³/mol. The molecule has 0 amide bonds. The fourth-order valence-electron chi connectivity index (χ4n) is 1.18. The molecule has 1 rings (SSSR count). The average Bonchev–Trinajstić information content (AvgIpc) is 2.63. The molecule has 1 heterocycles. The first-order valence-corrected chi connectivity index (χ1v) is 5.71. The van der Waals surface area contributed by atoms with Crippen LogP contribution in [0.3, 0.4) is 0 Å². The van der Waals surface area contributed by atoms with Gasteiger partial charge in [-0.3, -0.25) is 0 Å². The van der Waals surface area contributed by atoms with E-state index in [0.29, 0.717) is 11.6 Å². The number of hydrogen-bond acceptors (Lipinski definition) is 4. The van der Waals surface area contributed by atoms with E-state index in [1.54, 1.807) is 5.38 Å². The highest BCUT2D eigenvalue weighted by molar-refractivity contribution is 7.13. The summed E-state index contributed by atoms with van der Waals surface area (Å²) >= 11 is 1.17. The largest absolute Gasteiger partial charge is 0.406 e. The minimum Gasteiger partial charge on any atom is -0.395 e. The monoisotopic (exact) mass is 254 g/mol. The van der Waals surface area contributed by atoms with E-state index in [4.69, 9.17) is 5.11 Å². The van der Waals surface area contributed by atoms with Gasteiger partial charge in [-0.15, -0.1) is 11.3 Å². The minimum atomic E-state index is -4.28. The van der Waals surface area contributed by atoms with E-state index in [2.05, 4.69) is 4.98 Å². The summed E-state index contributed by atoms with van der Waals surface area (Å²) in [5.74, 6) is 0. The standard InChI is InChI=1S/C9H13F3N2OS/c1-2-7-5-16-8(13-7)14(3-4-15)6-9(10,11)12/h5,15H,2-4,6H2,1H3. The van der Waals surface area contributed by atoms with Gasteiger partial charge in [0, 0.05) is 11.9 Å². The van der Waals surface area contributed by atoms with Crippen LogP contribution in [0.25, 0.3) is 0 Å². The van der Waals surface area contributed by atoms with Gasteiger partial charge in [-0.2, -0.15) is 13.2 Å². The zero-order valence-corrected chi connectivity index (χ0v) is 9.61. The molecule has 0 radical (unpaired) electrons. The molecule has 7 heteroatoms. The van der Waals surface area contributed by atoms with Crippen molar-refractivity contribution in [2.24, 2.45) is 0 Å². The van der Waals surface area contributed by atoms with E-state index in [-0.39, 0.29) is 13.2 Å². The molecule has 16 heavy (non-hydrogen) atoms. The molecule has 0 spiro atoms. The lowest BCUT2D eigenvalue weighted by Crippen LogP contribution is -2.36. The maximum atomic E-state index is 12.3. The Kier molecular flexibility index (Phi) is 4.55. The van der Waals surface area contributed by atoms with E-state index in [9.17, 15) is 13.2 Å². The van der Waals surface area contributed by atoms with Crippen LogP contribution in [0.5, 0.6) is 0 Å². The number of thiazole rings is 1. The number of nitrogens with zero attached hydrogens (tertiary/aromatic N) is 2. The van der Waals surface area contributed by atoms with Crippen LogP contribution in [0.2, 0.25) is 0 Å². The van der Waals surface area contributed by atoms with E-state index in [1.165, 1.54) is 11.3 Å². The van der Waals surface area contributed by atoms with Crippen LogP contribution in [0, 0.1) is 0 Å². The third kappa shape index (κ3) is 3.97. The van der Waals surface area contributed by atoms with Crippen LogP contribution in [0.1, 0.15) is 12.6 Å². The Balaban J connectivity index is 2.76. The molecule has 0 saturated heterocycles. The Morgan fingerprint density at radius 1 is 1.50 bits per heavy atom. The highest BCUT2D eigenvalue weighted by Crippen LogP contribution is 2.25. The van der Waals surface area contributed by atoms with Crippen LogP contribution in [-0.2, 0) is 6.42 Å². The predicted octanol–water partition coefficient (Wildman–Crippen LogP) is 2.07. The van der Waals surface area contributed by atoms with Crippen LogP contribution in [-0.4, -0.2) is 36.0 Å². The lowest BCUT2D eigenvalue weighted by molar-refractivity contribution is -0.119. The summed E-state index contributed by atoms with van der Waals surface area (Å²) in [7, 11) is 0. The van der Waals surface area contributed by atoms with Gasteiger partial charge in [-0.05, 0) is 6.42 Å². The quantitative estimate of drug-likeness (QED) is 0.873. The minimum absolute atomic E-state index is 0.0593. The van der Waals surface area contributed by atoms with Gasteiger partial charge < -0.3 is 10.0 Å². The zero-order chi connectivity index (χ0) is 12.2. The van der Waals surface area contributed by atoms with Gasteiger partial charge in [-0.1, -0.05) is 6.92 Å². The second kappa shape index (κ2) is 5.49. The van der Waals surface area contributed by atoms with Gasteiger partial charge in [0.1, 0.15) is 6.54 Å². The third-order valence-corrected chi connectivity index (χ3v) is 2.86. The van der Waals surface area contributed by atoms with Gasteiger partial charge >= 0.3 is 6.18 Å². The van der Waals surface area contributed by atoms with Crippen molar-refractivity contribution in [2.75, 3.05) is 24.6 Å². The summed E-state index contributed by atoms with van der Waals surface area (Å²) in [4.78, 5) is 5.11. The number of aryl methyl sites for hydroxylation is 1. The Morgan fingerprint density at radius 2 is 2.19 bits per heavy atom. The molecule has 0 aliphatic heterocycles. The van der Waals surface area contributed by atoms with Crippen molar-refractivity contribution in [3.05, 3.63) is 11.1 Å². The SMILES string of the molecule is CCc1csc(N(CCO)CC(F)(F)F)n1. The molecule has 3 nitrogen and oxygen atoms in total. The Morgan fingerprint density at radius 3 is 2.62 bits per heavy atom. The molecule has 0 aromatic carbocycles. The summed E-state index contributed by atoms with van der Waals surface area (Å²) in [5.41, 5.74) is 0.769. The summed E-state index contributed by atoms with van der Waals surface area (Å²) in [6, 6.07) is 0. The van der Waals surface area contributed by atoms with E-state index < -0.39 is 12.7 Å². The van der Waals surface area contributed by atoms with Crippen molar-refractivity contribution in [1.82, 2.24) is 4.98 Å². The second-order valence-electron chi connectivity index (χ2n) is 3.24. The van der Waals surface area contributed by atoms with Crippen molar-refractivity contribution in [2.45, 2.75) is 19.5 Å². The molecule has 0 aliphatic carbocycles. The molecule has 0 unspecified atom stereocenters. The van der Waals surface area contributed by atoms with Gasteiger partial charge in [0.25, 0.3) is 0 Å². The van der Waals surface area contributed by atoms with Gasteiger partial charge in [0.05, 0.1) is 12.3 Å². The molecular weight excluding hydrogens is 241 g/mol. The van der Waals surface area contributed by atoms with Crippen molar-refractivity contribution in [1.29, 1.82) is 0 Å². The van der Waals surface area contributed by atoms with Crippen LogP contribution in [0.4, 0.5) is 18.3 Å². The molecule has 1 N–H and O–H groups in total. The molecule has 0 bridgehead atoms. The summed E-state index contributed by atoms with van der Waals surface area (Å²) < 4.78 is 36.8. The highest BCUT2D eigenvalue weighted by Gasteiger charge is 2.31. The van der Waals surface area contributed by atoms with Crippen LogP contribution in [0.15, 0.2) is 5.38 Å². The molecular formula is C9H13F3N2OS. The number of aliphatic hydroxyl groups is 1. The van der Waals surface area contributed by atoms with E-state index >= 15 is 0 Å². The number of anilines is 1. The maximum Gasteiger partial charge on any atom is 0.406 e. The Bertz CT molecular complexity index is 327. The molecule has 92 valence electrons. The summed E-state index contributed by atoms with van der Waals surface area (Å²) in [6.45, 7) is 0.427. The third-order valence-electron chi connectivity index (χ3n) is 1.91. The highest BCUT2D eigenvalue weighted by atomic mass is 32.1. The lowest BCUT2D eigenvalue weighted by atomic mass is 10.4. The second-order valence-corrected chi connectivity index (χ2v) is 4.07. The average molecular weight is 254 g/mol. The number of halogens is 3. The Hall–Kier alpha value is -0.820. The molecule has 1 aromatic rings. The van der Waals surface area contributed by atoms with Crippen molar-refractivity contribution < 1.29 is 18.3 Å². The molecule has 0 saturated carbocycles.